The molecule has 3 aromatic rings. The highest BCUT2D eigenvalue weighted by atomic mass is 19.4. The van der Waals surface area contributed by atoms with Gasteiger partial charge in [-0.3, -0.25) is 4.98 Å². The summed E-state index contributed by atoms with van der Waals surface area (Å²) in [6, 6.07) is 6.50. The average Bonchev–Trinajstić information content (AvgIpc) is 2.83. The van der Waals surface area contributed by atoms with E-state index >= 15 is 0 Å². The summed E-state index contributed by atoms with van der Waals surface area (Å²) in [6.07, 6.45) is -3.72. The van der Waals surface area contributed by atoms with Crippen molar-refractivity contribution in [3.8, 4) is 11.5 Å². The number of alkyl halides is 3. The number of hydrogen-bond acceptors (Lipinski definition) is 2. The number of aromatic nitrogens is 3. The fourth-order valence-corrected chi connectivity index (χ4v) is 1.82. The van der Waals surface area contributed by atoms with Crippen molar-refractivity contribution in [2.75, 3.05) is 0 Å². The highest BCUT2D eigenvalue weighted by Gasteiger charge is 2.30. The molecule has 0 saturated heterocycles. The van der Waals surface area contributed by atoms with Crippen LogP contribution in [0.2, 0.25) is 0 Å². The Balaban J connectivity index is 2.05. The van der Waals surface area contributed by atoms with Gasteiger partial charge in [0.25, 0.3) is 0 Å². The molecule has 0 atom stereocenters. The number of nitrogens with one attached hydrogen (secondary N) is 1. The number of imidazole rings is 1. The Hall–Kier alpha value is -2.44. The van der Waals surface area contributed by atoms with Crippen LogP contribution in [-0.2, 0) is 6.18 Å². The van der Waals surface area contributed by atoms with E-state index in [1.165, 1.54) is 18.2 Å². The van der Waals surface area contributed by atoms with Gasteiger partial charge in [0, 0.05) is 6.20 Å². The molecule has 0 aliphatic heterocycles. The molecule has 102 valence electrons. The number of para-hydroxylation sites is 1. The zero-order valence-corrected chi connectivity index (χ0v) is 9.87. The molecule has 3 nitrogen and oxygen atoms in total. The smallest absolute Gasteiger partial charge is 0.337 e. The Bertz CT molecular complexity index is 759. The molecule has 7 heteroatoms. The van der Waals surface area contributed by atoms with Gasteiger partial charge in [0.1, 0.15) is 11.2 Å². The van der Waals surface area contributed by atoms with Gasteiger partial charge in [-0.2, -0.15) is 13.2 Å². The topological polar surface area (TPSA) is 41.6 Å². The van der Waals surface area contributed by atoms with E-state index in [0.29, 0.717) is 5.52 Å². The fraction of sp³-hybridized carbons (Fsp3) is 0.0769. The minimum absolute atomic E-state index is 0.129. The zero-order chi connectivity index (χ0) is 14.3. The maximum Gasteiger partial charge on any atom is 0.417 e. The van der Waals surface area contributed by atoms with Crippen LogP contribution in [0.1, 0.15) is 5.56 Å². The first-order chi connectivity index (χ1) is 9.45. The predicted molar refractivity (Wildman–Crippen MR) is 64.3 cm³/mol. The normalized spacial score (nSPS) is 12.0. The van der Waals surface area contributed by atoms with Gasteiger partial charge in [-0.25, -0.2) is 9.37 Å². The molecule has 0 fully saturated rings. The van der Waals surface area contributed by atoms with Gasteiger partial charge in [-0.05, 0) is 24.3 Å². The monoisotopic (exact) mass is 281 g/mol. The molecule has 1 N–H and O–H groups in total. The first kappa shape index (κ1) is 12.6. The molecule has 20 heavy (non-hydrogen) atoms. The van der Waals surface area contributed by atoms with Gasteiger partial charge in [0.05, 0.1) is 11.1 Å². The summed E-state index contributed by atoms with van der Waals surface area (Å²) in [5.41, 5.74) is -0.0389. The fourth-order valence-electron chi connectivity index (χ4n) is 1.82. The number of halogens is 4. The number of nitrogens with zero attached hydrogens (tertiary/aromatic N) is 2. The Morgan fingerprint density at radius 1 is 1.05 bits per heavy atom. The van der Waals surface area contributed by atoms with Crippen LogP contribution in [0.25, 0.3) is 22.6 Å². The van der Waals surface area contributed by atoms with Gasteiger partial charge in [-0.1, -0.05) is 6.07 Å². The molecule has 2 aromatic heterocycles. The van der Waals surface area contributed by atoms with Crippen LogP contribution in [0.3, 0.4) is 0 Å². The van der Waals surface area contributed by atoms with Crippen LogP contribution in [0.5, 0.6) is 0 Å². The molecule has 0 bridgehead atoms. The Morgan fingerprint density at radius 3 is 2.45 bits per heavy atom. The third kappa shape index (κ3) is 2.11. The molecule has 0 radical (unpaired) electrons. The second-order valence-corrected chi connectivity index (χ2v) is 4.15. The van der Waals surface area contributed by atoms with Gasteiger partial charge in [0.2, 0.25) is 0 Å². The van der Waals surface area contributed by atoms with E-state index in [2.05, 4.69) is 15.0 Å². The standard InChI is InChI=1S/C13H7F4N3/c14-8-2-1-3-9-11(8)20-12(19-9)10-5-4-7(6-18-10)13(15,16)17/h1-6H,(H,19,20). The van der Waals surface area contributed by atoms with E-state index in [4.69, 9.17) is 0 Å². The molecule has 0 amide bonds. The van der Waals surface area contributed by atoms with E-state index in [9.17, 15) is 17.6 Å². The SMILES string of the molecule is Fc1cccc2[nH]c(-c3ccc(C(F)(F)F)cn3)nc12. The summed E-state index contributed by atoms with van der Waals surface area (Å²) in [5, 5.41) is 0. The quantitative estimate of drug-likeness (QED) is 0.690. The van der Waals surface area contributed by atoms with Crippen molar-refractivity contribution >= 4 is 11.0 Å². The highest BCUT2D eigenvalue weighted by molar-refractivity contribution is 5.79. The van der Waals surface area contributed by atoms with Crippen LogP contribution in [-0.4, -0.2) is 15.0 Å². The van der Waals surface area contributed by atoms with Gasteiger partial charge in [-0.15, -0.1) is 0 Å². The summed E-state index contributed by atoms with van der Waals surface area (Å²) < 4.78 is 50.8. The first-order valence-electron chi connectivity index (χ1n) is 5.63. The molecule has 3 rings (SSSR count). The first-order valence-corrected chi connectivity index (χ1v) is 5.63. The predicted octanol–water partition coefficient (Wildman–Crippen LogP) is 3.78. The highest BCUT2D eigenvalue weighted by Crippen LogP contribution is 2.29. The summed E-state index contributed by atoms with van der Waals surface area (Å²) in [4.78, 5) is 10.5. The third-order valence-electron chi connectivity index (χ3n) is 2.80. The number of rotatable bonds is 1. The second kappa shape index (κ2) is 4.29. The molecule has 0 aliphatic carbocycles. The van der Waals surface area contributed by atoms with Crippen molar-refractivity contribution in [1.29, 1.82) is 0 Å². The molecular formula is C13H7F4N3. The lowest BCUT2D eigenvalue weighted by Crippen LogP contribution is -2.05. The van der Waals surface area contributed by atoms with Gasteiger partial charge < -0.3 is 4.98 Å². The third-order valence-corrected chi connectivity index (χ3v) is 2.80. The lowest BCUT2D eigenvalue weighted by molar-refractivity contribution is -0.137. The maximum atomic E-state index is 13.5. The van der Waals surface area contributed by atoms with Crippen molar-refractivity contribution in [3.63, 3.8) is 0 Å². The molecule has 0 aliphatic rings. The second-order valence-electron chi connectivity index (χ2n) is 4.15. The lowest BCUT2D eigenvalue weighted by Gasteiger charge is -2.05. The number of fused-ring (bicyclic) bond motifs is 1. The largest absolute Gasteiger partial charge is 0.417 e. The molecule has 1 aromatic carbocycles. The minimum Gasteiger partial charge on any atom is -0.337 e. The summed E-state index contributed by atoms with van der Waals surface area (Å²) in [6.45, 7) is 0. The van der Waals surface area contributed by atoms with E-state index in [0.717, 1.165) is 12.3 Å². The lowest BCUT2D eigenvalue weighted by atomic mass is 10.2. The van der Waals surface area contributed by atoms with E-state index in [-0.39, 0.29) is 17.0 Å². The van der Waals surface area contributed by atoms with Crippen molar-refractivity contribution in [2.45, 2.75) is 6.18 Å². The average molecular weight is 281 g/mol. The molecular weight excluding hydrogens is 274 g/mol. The number of aromatic amines is 1. The minimum atomic E-state index is -4.44. The van der Waals surface area contributed by atoms with E-state index in [1.54, 1.807) is 6.07 Å². The number of hydrogen-bond donors (Lipinski definition) is 1. The summed E-state index contributed by atoms with van der Waals surface area (Å²) >= 11 is 0. The van der Waals surface area contributed by atoms with Crippen molar-refractivity contribution in [1.82, 2.24) is 15.0 Å². The molecule has 0 saturated carbocycles. The Labute approximate surface area is 110 Å². The summed E-state index contributed by atoms with van der Waals surface area (Å²) in [7, 11) is 0. The van der Waals surface area contributed by atoms with Crippen molar-refractivity contribution in [3.05, 3.63) is 47.9 Å². The van der Waals surface area contributed by atoms with Crippen LogP contribution < -0.4 is 0 Å². The van der Waals surface area contributed by atoms with Gasteiger partial charge >= 0.3 is 6.18 Å². The number of benzene rings is 1. The molecule has 0 spiro atoms. The van der Waals surface area contributed by atoms with Crippen molar-refractivity contribution < 1.29 is 17.6 Å². The van der Waals surface area contributed by atoms with Crippen LogP contribution in [0, 0.1) is 5.82 Å². The zero-order valence-electron chi connectivity index (χ0n) is 9.87. The van der Waals surface area contributed by atoms with Crippen LogP contribution in [0.4, 0.5) is 17.6 Å². The molecule has 0 unspecified atom stereocenters. The number of H-pyrrole nitrogens is 1. The Morgan fingerprint density at radius 2 is 1.85 bits per heavy atom. The van der Waals surface area contributed by atoms with E-state index in [1.807, 2.05) is 0 Å². The maximum absolute atomic E-state index is 13.5. The molecule has 2 heterocycles. The number of pyridine rings is 1. The van der Waals surface area contributed by atoms with Crippen molar-refractivity contribution in [2.24, 2.45) is 0 Å². The van der Waals surface area contributed by atoms with E-state index < -0.39 is 17.6 Å². The Kier molecular flexibility index (Phi) is 2.70. The van der Waals surface area contributed by atoms with Crippen LogP contribution >= 0.6 is 0 Å². The van der Waals surface area contributed by atoms with Crippen LogP contribution in [0.15, 0.2) is 36.5 Å². The summed E-state index contributed by atoms with van der Waals surface area (Å²) in [5.74, 6) is -0.282. The van der Waals surface area contributed by atoms with Gasteiger partial charge in [0.15, 0.2) is 11.6 Å².